The molecule has 0 saturated heterocycles. The molecule has 3 nitrogen and oxygen atoms in total. The van der Waals surface area contributed by atoms with Gasteiger partial charge in [-0.25, -0.2) is 4.98 Å². The van der Waals surface area contributed by atoms with Crippen LogP contribution in [0.2, 0.25) is 0 Å². The molecular weight excluding hydrogens is 220 g/mol. The highest BCUT2D eigenvalue weighted by Crippen LogP contribution is 2.13. The molecule has 0 aliphatic heterocycles. The van der Waals surface area contributed by atoms with Crippen LogP contribution in [-0.4, -0.2) is 15.2 Å². The summed E-state index contributed by atoms with van der Waals surface area (Å²) < 4.78 is 2.01. The van der Waals surface area contributed by atoms with Crippen LogP contribution < -0.4 is 0 Å². The highest BCUT2D eigenvalue weighted by molar-refractivity contribution is 7.15. The van der Waals surface area contributed by atoms with Crippen LogP contribution in [0, 0.1) is 5.92 Å². The molecule has 0 N–H and O–H groups in total. The van der Waals surface area contributed by atoms with Crippen molar-refractivity contribution in [3.63, 3.8) is 0 Å². The lowest BCUT2D eigenvalue weighted by molar-refractivity contribution is -0.119. The van der Waals surface area contributed by atoms with Crippen molar-refractivity contribution in [2.24, 2.45) is 5.92 Å². The van der Waals surface area contributed by atoms with E-state index in [-0.39, 0.29) is 0 Å². The van der Waals surface area contributed by atoms with E-state index in [0.29, 0.717) is 24.5 Å². The van der Waals surface area contributed by atoms with Crippen molar-refractivity contribution in [2.45, 2.75) is 33.1 Å². The van der Waals surface area contributed by atoms with Crippen LogP contribution >= 0.6 is 11.3 Å². The van der Waals surface area contributed by atoms with Crippen LogP contribution in [-0.2, 0) is 11.2 Å². The summed E-state index contributed by atoms with van der Waals surface area (Å²) in [5, 5.41) is 2.01. The van der Waals surface area contributed by atoms with Gasteiger partial charge in [0.2, 0.25) is 0 Å². The summed E-state index contributed by atoms with van der Waals surface area (Å²) in [4.78, 5) is 17.0. The third kappa shape index (κ3) is 2.70. The molecule has 0 atom stereocenters. The van der Waals surface area contributed by atoms with Gasteiger partial charge in [-0.05, 0) is 12.3 Å². The number of aryl methyl sites for hydroxylation is 1. The Labute approximate surface area is 99.1 Å². The predicted molar refractivity (Wildman–Crippen MR) is 65.9 cm³/mol. The Bertz CT molecular complexity index is 455. The van der Waals surface area contributed by atoms with Crippen molar-refractivity contribution < 1.29 is 4.79 Å². The molecular formula is C12H16N2OS. The number of carbonyl (C=O) groups excluding carboxylic acids is 1. The second kappa shape index (κ2) is 4.78. The summed E-state index contributed by atoms with van der Waals surface area (Å²) >= 11 is 1.62. The zero-order valence-corrected chi connectivity index (χ0v) is 10.5. The molecule has 0 radical (unpaired) electrons. The van der Waals surface area contributed by atoms with Crippen LogP contribution in [0.3, 0.4) is 0 Å². The smallest absolute Gasteiger partial charge is 0.193 e. The van der Waals surface area contributed by atoms with Crippen LogP contribution in [0.1, 0.15) is 32.4 Å². The van der Waals surface area contributed by atoms with Crippen molar-refractivity contribution >= 4 is 22.1 Å². The summed E-state index contributed by atoms with van der Waals surface area (Å²) in [6.07, 6.45) is 6.06. The van der Waals surface area contributed by atoms with Gasteiger partial charge in [-0.1, -0.05) is 13.8 Å². The minimum Gasteiger partial charge on any atom is -0.300 e. The van der Waals surface area contributed by atoms with Crippen molar-refractivity contribution in [3.05, 3.63) is 23.5 Å². The minimum atomic E-state index is 0.339. The predicted octanol–water partition coefficient (Wildman–Crippen LogP) is 2.94. The number of carbonyl (C=O) groups is 1. The highest BCUT2D eigenvalue weighted by Gasteiger charge is 2.08. The average Bonchev–Trinajstić information content (AvgIpc) is 2.72. The first-order valence-electron chi connectivity index (χ1n) is 5.58. The van der Waals surface area contributed by atoms with E-state index in [0.717, 1.165) is 17.1 Å². The molecule has 2 rings (SSSR count). The van der Waals surface area contributed by atoms with E-state index in [9.17, 15) is 4.79 Å². The van der Waals surface area contributed by atoms with E-state index >= 15 is 0 Å². The highest BCUT2D eigenvalue weighted by atomic mass is 32.1. The molecule has 2 aromatic heterocycles. The molecule has 2 aromatic rings. The van der Waals surface area contributed by atoms with E-state index < -0.39 is 0 Å². The summed E-state index contributed by atoms with van der Waals surface area (Å²) in [7, 11) is 0. The third-order valence-corrected chi connectivity index (χ3v) is 3.21. The van der Waals surface area contributed by atoms with Crippen LogP contribution in [0.25, 0.3) is 4.96 Å². The van der Waals surface area contributed by atoms with E-state index in [4.69, 9.17) is 0 Å². The Morgan fingerprint density at radius 1 is 1.56 bits per heavy atom. The zero-order valence-electron chi connectivity index (χ0n) is 9.64. The average molecular weight is 236 g/mol. The fraction of sp³-hybridized carbons (Fsp3) is 0.500. The summed E-state index contributed by atoms with van der Waals surface area (Å²) in [6, 6.07) is 0. The molecule has 0 aromatic carbocycles. The number of Topliss-reactive ketones (excluding diaryl/α,β-unsaturated/α-hetero) is 1. The Balaban J connectivity index is 1.90. The topological polar surface area (TPSA) is 34.4 Å². The van der Waals surface area contributed by atoms with Crippen molar-refractivity contribution in [1.29, 1.82) is 0 Å². The van der Waals surface area contributed by atoms with Gasteiger partial charge in [0.1, 0.15) is 5.78 Å². The molecule has 0 aliphatic carbocycles. The SMILES string of the molecule is CC(C)CC(=O)CCc1cn2ccsc2n1. The molecule has 4 heteroatoms. The van der Waals surface area contributed by atoms with Crippen LogP contribution in [0.5, 0.6) is 0 Å². The summed E-state index contributed by atoms with van der Waals surface area (Å²) in [5.41, 5.74) is 1.02. The standard InChI is InChI=1S/C12H16N2OS/c1-9(2)7-11(15)4-3-10-8-14-5-6-16-12(14)13-10/h5-6,8-9H,3-4,7H2,1-2H3. The lowest BCUT2D eigenvalue weighted by Gasteiger charge is -2.01. The lowest BCUT2D eigenvalue weighted by atomic mass is 10.0. The van der Waals surface area contributed by atoms with Gasteiger partial charge in [0.25, 0.3) is 0 Å². The van der Waals surface area contributed by atoms with Gasteiger partial charge in [0, 0.05) is 30.6 Å². The number of ketones is 1. The molecule has 16 heavy (non-hydrogen) atoms. The van der Waals surface area contributed by atoms with Gasteiger partial charge in [0.15, 0.2) is 4.96 Å². The van der Waals surface area contributed by atoms with Crippen molar-refractivity contribution in [2.75, 3.05) is 0 Å². The van der Waals surface area contributed by atoms with Crippen molar-refractivity contribution in [1.82, 2.24) is 9.38 Å². The number of hydrogen-bond donors (Lipinski definition) is 0. The number of imidazole rings is 1. The molecule has 0 saturated carbocycles. The molecule has 0 fully saturated rings. The number of rotatable bonds is 5. The number of fused-ring (bicyclic) bond motifs is 1. The summed E-state index contributed by atoms with van der Waals surface area (Å²) in [5.74, 6) is 0.796. The van der Waals surface area contributed by atoms with Gasteiger partial charge >= 0.3 is 0 Å². The van der Waals surface area contributed by atoms with E-state index in [1.165, 1.54) is 0 Å². The number of hydrogen-bond acceptors (Lipinski definition) is 3. The second-order valence-corrected chi connectivity index (χ2v) is 5.33. The van der Waals surface area contributed by atoms with E-state index in [1.807, 2.05) is 22.2 Å². The number of aromatic nitrogens is 2. The molecule has 0 amide bonds. The van der Waals surface area contributed by atoms with Crippen LogP contribution in [0.4, 0.5) is 0 Å². The Kier molecular flexibility index (Phi) is 3.39. The fourth-order valence-electron chi connectivity index (χ4n) is 1.72. The molecule has 2 heterocycles. The Hall–Kier alpha value is -1.16. The maximum atomic E-state index is 11.5. The Morgan fingerprint density at radius 3 is 3.06 bits per heavy atom. The Morgan fingerprint density at radius 2 is 2.38 bits per heavy atom. The van der Waals surface area contributed by atoms with Gasteiger partial charge in [-0.2, -0.15) is 0 Å². The van der Waals surface area contributed by atoms with Gasteiger partial charge < -0.3 is 0 Å². The molecule has 86 valence electrons. The minimum absolute atomic E-state index is 0.339. The van der Waals surface area contributed by atoms with Gasteiger partial charge in [-0.15, -0.1) is 11.3 Å². The van der Waals surface area contributed by atoms with Crippen molar-refractivity contribution in [3.8, 4) is 0 Å². The third-order valence-electron chi connectivity index (χ3n) is 2.44. The fourth-order valence-corrected chi connectivity index (χ4v) is 2.44. The first-order valence-corrected chi connectivity index (χ1v) is 6.46. The number of thiazole rings is 1. The quantitative estimate of drug-likeness (QED) is 0.800. The first-order chi connectivity index (χ1) is 7.65. The molecule has 0 bridgehead atoms. The summed E-state index contributed by atoms with van der Waals surface area (Å²) in [6.45, 7) is 4.15. The number of nitrogens with zero attached hydrogens (tertiary/aromatic N) is 2. The van der Waals surface area contributed by atoms with E-state index in [1.54, 1.807) is 11.3 Å². The van der Waals surface area contributed by atoms with E-state index in [2.05, 4.69) is 18.8 Å². The normalized spacial score (nSPS) is 11.4. The molecule has 0 unspecified atom stereocenters. The molecule has 0 aliphatic rings. The monoisotopic (exact) mass is 236 g/mol. The van der Waals surface area contributed by atoms with Gasteiger partial charge in [-0.3, -0.25) is 9.20 Å². The zero-order chi connectivity index (χ0) is 11.5. The van der Waals surface area contributed by atoms with Crippen LogP contribution in [0.15, 0.2) is 17.8 Å². The molecule has 0 spiro atoms. The lowest BCUT2D eigenvalue weighted by Crippen LogP contribution is -2.04. The maximum absolute atomic E-state index is 11.5. The largest absolute Gasteiger partial charge is 0.300 e. The first kappa shape index (κ1) is 11.3. The van der Waals surface area contributed by atoms with Gasteiger partial charge in [0.05, 0.1) is 5.69 Å². The second-order valence-electron chi connectivity index (χ2n) is 4.46. The maximum Gasteiger partial charge on any atom is 0.193 e.